The van der Waals surface area contributed by atoms with Gasteiger partial charge in [0.25, 0.3) is 0 Å². The Hall–Kier alpha value is -3.14. The van der Waals surface area contributed by atoms with Crippen LogP contribution in [-0.2, 0) is 12.7 Å². The molecule has 140 valence electrons. The second-order valence-corrected chi connectivity index (χ2v) is 6.87. The largest absolute Gasteiger partial charge is 0.416 e. The van der Waals surface area contributed by atoms with E-state index < -0.39 is 11.7 Å². The van der Waals surface area contributed by atoms with Crippen LogP contribution in [0, 0.1) is 6.92 Å². The van der Waals surface area contributed by atoms with Crippen molar-refractivity contribution in [3.8, 4) is 11.3 Å². The first-order valence-electron chi connectivity index (χ1n) is 9.07. The molecule has 1 heterocycles. The number of fused-ring (bicyclic) bond motifs is 1. The molecule has 0 spiro atoms. The standard InChI is InChI=1S/C24H19F3N/c1-17-15-20-9-5-6-10-22(20)23(28(17)16-18-7-3-2-4-8-18)19-11-13-21(14-12-19)24(25,26)27/h2-15H,16H2,1H3/q+1. The quantitative estimate of drug-likeness (QED) is 0.375. The first-order chi connectivity index (χ1) is 13.4. The summed E-state index contributed by atoms with van der Waals surface area (Å²) < 4.78 is 41.2. The lowest BCUT2D eigenvalue weighted by molar-refractivity contribution is -0.682. The molecule has 4 heteroatoms. The summed E-state index contributed by atoms with van der Waals surface area (Å²) in [5.74, 6) is 0. The Balaban J connectivity index is 1.93. The lowest BCUT2D eigenvalue weighted by Gasteiger charge is -2.12. The molecule has 0 radical (unpaired) electrons. The minimum absolute atomic E-state index is 0.636. The van der Waals surface area contributed by atoms with E-state index in [1.807, 2.05) is 49.4 Å². The van der Waals surface area contributed by atoms with Crippen molar-refractivity contribution in [3.63, 3.8) is 0 Å². The van der Waals surface area contributed by atoms with Crippen LogP contribution in [0.2, 0.25) is 0 Å². The topological polar surface area (TPSA) is 3.88 Å². The fourth-order valence-electron chi connectivity index (χ4n) is 3.56. The van der Waals surface area contributed by atoms with Crippen molar-refractivity contribution in [3.05, 3.63) is 102 Å². The zero-order valence-corrected chi connectivity index (χ0v) is 15.4. The van der Waals surface area contributed by atoms with Gasteiger partial charge in [0, 0.05) is 24.1 Å². The molecule has 4 rings (SSSR count). The molecule has 0 aliphatic carbocycles. The Kier molecular flexibility index (Phi) is 4.63. The van der Waals surface area contributed by atoms with Gasteiger partial charge in [-0.2, -0.15) is 17.7 Å². The third-order valence-corrected chi connectivity index (χ3v) is 4.95. The van der Waals surface area contributed by atoms with E-state index in [1.165, 1.54) is 0 Å². The molecule has 28 heavy (non-hydrogen) atoms. The van der Waals surface area contributed by atoms with Gasteiger partial charge in [0.15, 0.2) is 12.2 Å². The summed E-state index contributed by atoms with van der Waals surface area (Å²) in [5.41, 5.74) is 3.25. The Bertz CT molecular complexity index is 1110. The van der Waals surface area contributed by atoms with Crippen molar-refractivity contribution in [2.45, 2.75) is 19.6 Å². The van der Waals surface area contributed by atoms with Gasteiger partial charge in [-0.25, -0.2) is 0 Å². The van der Waals surface area contributed by atoms with Crippen molar-refractivity contribution in [1.29, 1.82) is 0 Å². The van der Waals surface area contributed by atoms with E-state index in [1.54, 1.807) is 12.1 Å². The summed E-state index contributed by atoms with van der Waals surface area (Å²) in [6, 6.07) is 25.6. The number of hydrogen-bond acceptors (Lipinski definition) is 0. The molecule has 0 unspecified atom stereocenters. The lowest BCUT2D eigenvalue weighted by atomic mass is 10.0. The maximum Gasteiger partial charge on any atom is 0.416 e. The van der Waals surface area contributed by atoms with Crippen molar-refractivity contribution in [2.75, 3.05) is 0 Å². The van der Waals surface area contributed by atoms with Crippen LogP contribution in [0.3, 0.4) is 0 Å². The van der Waals surface area contributed by atoms with Gasteiger partial charge in [-0.1, -0.05) is 48.5 Å². The van der Waals surface area contributed by atoms with Crippen molar-refractivity contribution < 1.29 is 17.7 Å². The SMILES string of the molecule is Cc1cc2ccccc2c(-c2ccc(C(F)(F)F)cc2)[n+]1Cc1ccccc1. The molecule has 0 fully saturated rings. The molecule has 4 aromatic rings. The predicted octanol–water partition coefficient (Wildman–Crippen LogP) is 6.17. The smallest absolute Gasteiger partial charge is 0.191 e. The molecule has 3 aromatic carbocycles. The summed E-state index contributed by atoms with van der Waals surface area (Å²) in [5, 5.41) is 2.09. The van der Waals surface area contributed by atoms with Crippen molar-refractivity contribution in [2.24, 2.45) is 0 Å². The van der Waals surface area contributed by atoms with Crippen LogP contribution in [0.1, 0.15) is 16.8 Å². The first-order valence-corrected chi connectivity index (χ1v) is 9.07. The minimum atomic E-state index is -4.34. The maximum absolute atomic E-state index is 13.0. The van der Waals surface area contributed by atoms with E-state index in [2.05, 4.69) is 22.8 Å². The number of halogens is 3. The summed E-state index contributed by atoms with van der Waals surface area (Å²) >= 11 is 0. The number of nitrogens with zero attached hydrogens (tertiary/aromatic N) is 1. The number of pyridine rings is 1. The summed E-state index contributed by atoms with van der Waals surface area (Å²) in [7, 11) is 0. The second-order valence-electron chi connectivity index (χ2n) is 6.87. The Labute approximate surface area is 161 Å². The minimum Gasteiger partial charge on any atom is -0.191 e. The molecule has 0 atom stereocenters. The van der Waals surface area contributed by atoms with E-state index in [9.17, 15) is 13.2 Å². The number of aryl methyl sites for hydroxylation is 1. The molecule has 0 N–H and O–H groups in total. The van der Waals surface area contributed by atoms with Crippen LogP contribution in [0.15, 0.2) is 84.9 Å². The highest BCUT2D eigenvalue weighted by molar-refractivity contribution is 5.93. The highest BCUT2D eigenvalue weighted by atomic mass is 19.4. The Morgan fingerprint density at radius 2 is 1.43 bits per heavy atom. The molecular formula is C24H19F3N+. The number of hydrogen-bond donors (Lipinski definition) is 0. The molecule has 0 aliphatic rings. The molecule has 0 saturated heterocycles. The molecule has 1 aromatic heterocycles. The molecular weight excluding hydrogens is 359 g/mol. The van der Waals surface area contributed by atoms with E-state index in [-0.39, 0.29) is 0 Å². The van der Waals surface area contributed by atoms with E-state index in [4.69, 9.17) is 0 Å². The third kappa shape index (κ3) is 3.50. The summed E-state index contributed by atoms with van der Waals surface area (Å²) in [6.45, 7) is 2.68. The van der Waals surface area contributed by atoms with Gasteiger partial charge >= 0.3 is 6.18 Å². The van der Waals surface area contributed by atoms with Crippen LogP contribution in [0.4, 0.5) is 13.2 Å². The average Bonchev–Trinajstić information content (AvgIpc) is 2.69. The number of benzene rings is 3. The zero-order chi connectivity index (χ0) is 19.7. The number of alkyl halides is 3. The normalized spacial score (nSPS) is 11.7. The molecule has 0 saturated carbocycles. The van der Waals surface area contributed by atoms with Gasteiger partial charge < -0.3 is 0 Å². The van der Waals surface area contributed by atoms with Crippen molar-refractivity contribution in [1.82, 2.24) is 0 Å². The molecule has 0 amide bonds. The zero-order valence-electron chi connectivity index (χ0n) is 15.4. The summed E-state index contributed by atoms with van der Waals surface area (Å²) in [4.78, 5) is 0. The Morgan fingerprint density at radius 3 is 2.11 bits per heavy atom. The third-order valence-electron chi connectivity index (χ3n) is 4.95. The van der Waals surface area contributed by atoms with Gasteiger partial charge in [0.05, 0.1) is 10.9 Å². The second kappa shape index (κ2) is 7.12. The number of aromatic nitrogens is 1. The average molecular weight is 378 g/mol. The molecule has 1 nitrogen and oxygen atoms in total. The van der Waals surface area contributed by atoms with Crippen LogP contribution in [-0.4, -0.2) is 0 Å². The fraction of sp³-hybridized carbons (Fsp3) is 0.125. The first kappa shape index (κ1) is 18.2. The molecule has 0 bridgehead atoms. The van der Waals surface area contributed by atoms with E-state index in [0.29, 0.717) is 6.54 Å². The van der Waals surface area contributed by atoms with Gasteiger partial charge in [-0.3, -0.25) is 0 Å². The van der Waals surface area contributed by atoms with Crippen LogP contribution >= 0.6 is 0 Å². The van der Waals surface area contributed by atoms with Crippen LogP contribution in [0.25, 0.3) is 22.0 Å². The van der Waals surface area contributed by atoms with Crippen molar-refractivity contribution >= 4 is 10.8 Å². The summed E-state index contributed by atoms with van der Waals surface area (Å²) in [6.07, 6.45) is -4.34. The van der Waals surface area contributed by atoms with E-state index in [0.717, 1.165) is 45.4 Å². The highest BCUT2D eigenvalue weighted by Crippen LogP contribution is 2.32. The lowest BCUT2D eigenvalue weighted by Crippen LogP contribution is -2.40. The predicted molar refractivity (Wildman–Crippen MR) is 105 cm³/mol. The fourth-order valence-corrected chi connectivity index (χ4v) is 3.56. The van der Waals surface area contributed by atoms with Crippen LogP contribution < -0.4 is 4.57 Å². The van der Waals surface area contributed by atoms with Gasteiger partial charge in [-0.15, -0.1) is 0 Å². The monoisotopic (exact) mass is 378 g/mol. The molecule has 0 aliphatic heterocycles. The maximum atomic E-state index is 13.0. The van der Waals surface area contributed by atoms with Crippen LogP contribution in [0.5, 0.6) is 0 Å². The number of rotatable bonds is 3. The van der Waals surface area contributed by atoms with Gasteiger partial charge in [0.1, 0.15) is 0 Å². The van der Waals surface area contributed by atoms with E-state index >= 15 is 0 Å². The highest BCUT2D eigenvalue weighted by Gasteiger charge is 2.30. The Morgan fingerprint density at radius 1 is 0.786 bits per heavy atom. The van der Waals surface area contributed by atoms with Gasteiger partial charge in [-0.05, 0) is 35.7 Å². The van der Waals surface area contributed by atoms with Gasteiger partial charge in [0.2, 0.25) is 5.69 Å².